The molecular formula is C13H16N4O2. The average Bonchev–Trinajstić information content (AvgIpc) is 2.85. The van der Waals surface area contributed by atoms with Crippen LogP contribution in [0.3, 0.4) is 0 Å². The van der Waals surface area contributed by atoms with Gasteiger partial charge in [0.15, 0.2) is 0 Å². The number of non-ortho nitro benzene ring substituents is 1. The van der Waals surface area contributed by atoms with Gasteiger partial charge in [0.05, 0.1) is 11.5 Å². The first kappa shape index (κ1) is 13.1. The molecule has 0 saturated carbocycles. The van der Waals surface area contributed by atoms with Crippen LogP contribution in [0.2, 0.25) is 0 Å². The van der Waals surface area contributed by atoms with E-state index in [0.29, 0.717) is 6.54 Å². The fourth-order valence-electron chi connectivity index (χ4n) is 2.05. The lowest BCUT2D eigenvalue weighted by atomic mass is 10.1. The number of nitrogens with zero attached hydrogens (tertiary/aromatic N) is 3. The third kappa shape index (κ3) is 2.73. The summed E-state index contributed by atoms with van der Waals surface area (Å²) in [6, 6.07) is 4.84. The number of rotatable bonds is 5. The van der Waals surface area contributed by atoms with E-state index in [1.807, 2.05) is 17.7 Å². The van der Waals surface area contributed by atoms with Gasteiger partial charge in [0.1, 0.15) is 5.82 Å². The lowest BCUT2D eigenvalue weighted by Gasteiger charge is -2.11. The molecule has 0 aliphatic rings. The first-order valence-electron chi connectivity index (χ1n) is 6.10. The van der Waals surface area contributed by atoms with E-state index in [4.69, 9.17) is 0 Å². The minimum absolute atomic E-state index is 0.104. The van der Waals surface area contributed by atoms with Gasteiger partial charge in [-0.25, -0.2) is 4.98 Å². The molecule has 6 heteroatoms. The molecule has 0 aliphatic carbocycles. The lowest BCUT2D eigenvalue weighted by molar-refractivity contribution is -0.384. The number of imidazole rings is 1. The Morgan fingerprint density at radius 1 is 1.47 bits per heavy atom. The molecule has 1 aromatic heterocycles. The summed E-state index contributed by atoms with van der Waals surface area (Å²) in [6.07, 6.45) is 4.46. The van der Waals surface area contributed by atoms with Crippen molar-refractivity contribution in [2.45, 2.75) is 19.9 Å². The second kappa shape index (κ2) is 5.51. The molecule has 0 amide bonds. The number of aryl methyl sites for hydroxylation is 1. The van der Waals surface area contributed by atoms with Crippen LogP contribution in [0.4, 0.5) is 11.4 Å². The van der Waals surface area contributed by atoms with E-state index >= 15 is 0 Å². The van der Waals surface area contributed by atoms with Crippen molar-refractivity contribution in [3.8, 4) is 0 Å². The van der Waals surface area contributed by atoms with Crippen molar-refractivity contribution in [3.63, 3.8) is 0 Å². The fraction of sp³-hybridized carbons (Fsp3) is 0.308. The maximum atomic E-state index is 10.8. The fourth-order valence-corrected chi connectivity index (χ4v) is 2.05. The van der Waals surface area contributed by atoms with Crippen molar-refractivity contribution in [3.05, 3.63) is 52.1 Å². The van der Waals surface area contributed by atoms with Gasteiger partial charge in [-0.2, -0.15) is 0 Å². The van der Waals surface area contributed by atoms with Crippen LogP contribution in [0.15, 0.2) is 30.6 Å². The number of nitro benzene ring substituents is 1. The first-order valence-corrected chi connectivity index (χ1v) is 6.10. The second-order valence-electron chi connectivity index (χ2n) is 4.17. The van der Waals surface area contributed by atoms with Crippen molar-refractivity contribution in [2.24, 2.45) is 0 Å². The average molecular weight is 260 g/mol. The van der Waals surface area contributed by atoms with E-state index in [9.17, 15) is 10.1 Å². The van der Waals surface area contributed by atoms with E-state index in [1.54, 1.807) is 25.4 Å². The molecule has 0 bridgehead atoms. The van der Waals surface area contributed by atoms with Crippen LogP contribution in [0.1, 0.15) is 18.3 Å². The molecule has 6 nitrogen and oxygen atoms in total. The Morgan fingerprint density at radius 2 is 2.26 bits per heavy atom. The van der Waals surface area contributed by atoms with Gasteiger partial charge in [-0.05, 0) is 6.07 Å². The molecule has 1 heterocycles. The number of benzene rings is 1. The largest absolute Gasteiger partial charge is 0.388 e. The highest BCUT2D eigenvalue weighted by molar-refractivity contribution is 5.55. The first-order chi connectivity index (χ1) is 9.15. The van der Waals surface area contributed by atoms with Gasteiger partial charge < -0.3 is 9.88 Å². The minimum Gasteiger partial charge on any atom is -0.388 e. The van der Waals surface area contributed by atoms with Gasteiger partial charge in [0.2, 0.25) is 0 Å². The van der Waals surface area contributed by atoms with Crippen molar-refractivity contribution < 1.29 is 4.92 Å². The summed E-state index contributed by atoms with van der Waals surface area (Å²) in [5, 5.41) is 13.9. The smallest absolute Gasteiger partial charge is 0.269 e. The maximum Gasteiger partial charge on any atom is 0.269 e. The molecule has 1 N–H and O–H groups in total. The highest BCUT2D eigenvalue weighted by Crippen LogP contribution is 2.23. The van der Waals surface area contributed by atoms with Crippen molar-refractivity contribution in [1.29, 1.82) is 0 Å². The summed E-state index contributed by atoms with van der Waals surface area (Å²) in [5.74, 6) is 0.966. The molecule has 0 unspecified atom stereocenters. The van der Waals surface area contributed by atoms with Crippen LogP contribution in [0, 0.1) is 10.1 Å². The molecule has 2 rings (SSSR count). The molecule has 2 aromatic rings. The molecular weight excluding hydrogens is 244 g/mol. The molecule has 1 aromatic carbocycles. The molecule has 0 atom stereocenters. The van der Waals surface area contributed by atoms with Crippen molar-refractivity contribution in [2.75, 3.05) is 12.4 Å². The number of nitrogens with one attached hydrogen (secondary N) is 1. The quantitative estimate of drug-likeness (QED) is 0.662. The molecule has 100 valence electrons. The van der Waals surface area contributed by atoms with Crippen LogP contribution in [-0.4, -0.2) is 21.5 Å². The number of aromatic nitrogens is 2. The van der Waals surface area contributed by atoms with Gasteiger partial charge in [-0.15, -0.1) is 0 Å². The Hall–Kier alpha value is -2.37. The number of nitro groups is 1. The number of anilines is 1. The Morgan fingerprint density at radius 3 is 2.89 bits per heavy atom. The van der Waals surface area contributed by atoms with Gasteiger partial charge in [0, 0.05) is 49.2 Å². The zero-order valence-electron chi connectivity index (χ0n) is 11.0. The molecule has 0 saturated heterocycles. The SMILES string of the molecule is CCc1nccn1Cc1cc([N+](=O)[O-])ccc1NC. The normalized spacial score (nSPS) is 10.4. The van der Waals surface area contributed by atoms with E-state index in [2.05, 4.69) is 10.3 Å². The highest BCUT2D eigenvalue weighted by atomic mass is 16.6. The van der Waals surface area contributed by atoms with E-state index in [-0.39, 0.29) is 10.6 Å². The summed E-state index contributed by atoms with van der Waals surface area (Å²) >= 11 is 0. The van der Waals surface area contributed by atoms with Crippen molar-refractivity contribution in [1.82, 2.24) is 9.55 Å². The predicted molar refractivity (Wildman–Crippen MR) is 73.4 cm³/mol. The Kier molecular flexibility index (Phi) is 3.79. The molecule has 19 heavy (non-hydrogen) atoms. The van der Waals surface area contributed by atoms with Gasteiger partial charge >= 0.3 is 0 Å². The number of hydrogen-bond acceptors (Lipinski definition) is 4. The van der Waals surface area contributed by atoms with Gasteiger partial charge in [-0.3, -0.25) is 10.1 Å². The predicted octanol–water partition coefficient (Wildman–Crippen LogP) is 2.44. The number of hydrogen-bond donors (Lipinski definition) is 1. The maximum absolute atomic E-state index is 10.8. The zero-order chi connectivity index (χ0) is 13.8. The van der Waals surface area contributed by atoms with E-state index in [1.165, 1.54) is 6.07 Å². The third-order valence-electron chi connectivity index (χ3n) is 3.03. The summed E-state index contributed by atoms with van der Waals surface area (Å²) in [4.78, 5) is 14.7. The third-order valence-corrected chi connectivity index (χ3v) is 3.03. The minimum atomic E-state index is -0.377. The van der Waals surface area contributed by atoms with Gasteiger partial charge in [0.25, 0.3) is 5.69 Å². The summed E-state index contributed by atoms with van der Waals surface area (Å²) in [7, 11) is 1.80. The van der Waals surface area contributed by atoms with E-state index in [0.717, 1.165) is 23.5 Å². The topological polar surface area (TPSA) is 73.0 Å². The molecule has 0 fully saturated rings. The Balaban J connectivity index is 2.37. The molecule has 0 aliphatic heterocycles. The summed E-state index contributed by atoms with van der Waals surface area (Å²) in [6.45, 7) is 2.60. The summed E-state index contributed by atoms with van der Waals surface area (Å²) < 4.78 is 2.00. The second-order valence-corrected chi connectivity index (χ2v) is 4.17. The van der Waals surface area contributed by atoms with Crippen LogP contribution >= 0.6 is 0 Å². The van der Waals surface area contributed by atoms with Gasteiger partial charge in [-0.1, -0.05) is 6.92 Å². The standard InChI is InChI=1S/C13H16N4O2/c1-3-13-15-6-7-16(13)9-10-8-11(17(18)19)4-5-12(10)14-2/h4-8,14H,3,9H2,1-2H3. The lowest BCUT2D eigenvalue weighted by Crippen LogP contribution is -2.06. The molecule has 0 radical (unpaired) electrons. The molecule has 0 spiro atoms. The zero-order valence-corrected chi connectivity index (χ0v) is 11.0. The van der Waals surface area contributed by atoms with E-state index < -0.39 is 0 Å². The van der Waals surface area contributed by atoms with Crippen LogP contribution in [0.25, 0.3) is 0 Å². The van der Waals surface area contributed by atoms with Crippen molar-refractivity contribution >= 4 is 11.4 Å². The Bertz CT molecular complexity index is 592. The highest BCUT2D eigenvalue weighted by Gasteiger charge is 2.11. The monoisotopic (exact) mass is 260 g/mol. The van der Waals surface area contributed by atoms with Crippen LogP contribution in [0.5, 0.6) is 0 Å². The van der Waals surface area contributed by atoms with Crippen LogP contribution < -0.4 is 5.32 Å². The Labute approximate surface area is 111 Å². The van der Waals surface area contributed by atoms with Crippen LogP contribution in [-0.2, 0) is 13.0 Å². The summed E-state index contributed by atoms with van der Waals surface area (Å²) in [5.41, 5.74) is 1.87.